The fourth-order valence-corrected chi connectivity index (χ4v) is 5.19. The second-order valence-corrected chi connectivity index (χ2v) is 9.69. The topological polar surface area (TPSA) is 90.3 Å². The molecule has 0 unspecified atom stereocenters. The van der Waals surface area contributed by atoms with Gasteiger partial charge in [0.2, 0.25) is 0 Å². The summed E-state index contributed by atoms with van der Waals surface area (Å²) in [6.45, 7) is 1.46. The minimum Gasteiger partial charge on any atom is -0.543 e. The number of carbonyl (C=O) groups is 2. The van der Waals surface area contributed by atoms with Gasteiger partial charge in [-0.3, -0.25) is 4.79 Å². The average Bonchev–Trinajstić information content (AvgIpc) is 3.28. The van der Waals surface area contributed by atoms with Gasteiger partial charge in [-0.2, -0.15) is 8.78 Å². The van der Waals surface area contributed by atoms with Gasteiger partial charge in [0, 0.05) is 29.9 Å². The predicted molar refractivity (Wildman–Crippen MR) is 107 cm³/mol. The van der Waals surface area contributed by atoms with Crippen molar-refractivity contribution in [2.75, 3.05) is 5.75 Å². The van der Waals surface area contributed by atoms with Crippen molar-refractivity contribution in [3.8, 4) is 0 Å². The zero-order chi connectivity index (χ0) is 22.3. The summed E-state index contributed by atoms with van der Waals surface area (Å²) in [5, 5.41) is 22.4. The summed E-state index contributed by atoms with van der Waals surface area (Å²) in [7, 11) is 0. The van der Waals surface area contributed by atoms with Gasteiger partial charge in [0.1, 0.15) is 5.78 Å². The van der Waals surface area contributed by atoms with Gasteiger partial charge in [0.05, 0.1) is 17.3 Å². The molecule has 2 rings (SSSR count). The van der Waals surface area contributed by atoms with Crippen molar-refractivity contribution in [3.05, 3.63) is 35.1 Å². The molecule has 0 saturated heterocycles. The van der Waals surface area contributed by atoms with Crippen LogP contribution in [0.15, 0.2) is 33.8 Å². The second kappa shape index (κ2) is 13.2. The van der Waals surface area contributed by atoms with E-state index in [0.29, 0.717) is 29.4 Å². The molecule has 5 nitrogen and oxygen atoms in total. The molecule has 1 aromatic heterocycles. The molecule has 0 spiro atoms. The predicted octanol–water partition coefficient (Wildman–Crippen LogP) is 1.14. The van der Waals surface area contributed by atoms with Gasteiger partial charge in [-0.25, -0.2) is 9.37 Å². The Labute approximate surface area is 209 Å². The van der Waals surface area contributed by atoms with Gasteiger partial charge in [-0.1, -0.05) is 23.9 Å². The number of thioether (sulfide) groups is 1. The molecule has 1 aliphatic rings. The second-order valence-electron chi connectivity index (χ2n) is 7.49. The third-order valence-electron chi connectivity index (χ3n) is 5.03. The van der Waals surface area contributed by atoms with Crippen molar-refractivity contribution in [2.45, 2.75) is 55.4 Å². The standard InChI is InChI=1S/C20H24F3NO4S2.Na/c1-20(28,9-6-14(21)17(22)23)8-2-3-12-4-5-16(25)13(12)7-10-29-19-24-15(11-30-19)18(26)27;/h2-3,11-13,28H,4-10H2,1H3,(H,26,27);/q;+1/p-1/t12-,13+,20+;/m0./s1. The van der Waals surface area contributed by atoms with Crippen LogP contribution in [-0.4, -0.2) is 33.2 Å². The van der Waals surface area contributed by atoms with Gasteiger partial charge in [-0.15, -0.1) is 11.3 Å². The van der Waals surface area contributed by atoms with Crippen molar-refractivity contribution >= 4 is 34.9 Å². The van der Waals surface area contributed by atoms with E-state index < -0.39 is 29.9 Å². The number of carboxylic acid groups (broad SMARTS) is 1. The van der Waals surface area contributed by atoms with E-state index in [9.17, 15) is 33.0 Å². The summed E-state index contributed by atoms with van der Waals surface area (Å²) >= 11 is 2.60. The maximum absolute atomic E-state index is 12.9. The van der Waals surface area contributed by atoms with Crippen molar-refractivity contribution in [1.29, 1.82) is 0 Å². The number of aromatic carboxylic acids is 1. The largest absolute Gasteiger partial charge is 1.00 e. The molecule has 3 atom stereocenters. The van der Waals surface area contributed by atoms with E-state index in [-0.39, 0.29) is 65.7 Å². The van der Waals surface area contributed by atoms with Crippen molar-refractivity contribution in [1.82, 2.24) is 4.98 Å². The smallest absolute Gasteiger partial charge is 0.543 e. The van der Waals surface area contributed by atoms with E-state index in [1.54, 1.807) is 6.08 Å². The molecular formula is C20H23F3NNaO4S2. The number of aliphatic hydroxyl groups is 1. The van der Waals surface area contributed by atoms with Crippen LogP contribution in [0.4, 0.5) is 13.2 Å². The van der Waals surface area contributed by atoms with Gasteiger partial charge < -0.3 is 15.0 Å². The summed E-state index contributed by atoms with van der Waals surface area (Å²) in [4.78, 5) is 26.9. The first-order valence-electron chi connectivity index (χ1n) is 9.50. The van der Waals surface area contributed by atoms with Crippen molar-refractivity contribution < 1.29 is 62.5 Å². The van der Waals surface area contributed by atoms with Crippen LogP contribution in [-0.2, 0) is 4.79 Å². The summed E-state index contributed by atoms with van der Waals surface area (Å²) < 4.78 is 37.8. The quantitative estimate of drug-likeness (QED) is 0.287. The number of aromatic nitrogens is 1. The van der Waals surface area contributed by atoms with Crippen LogP contribution in [0, 0.1) is 11.8 Å². The average molecular weight is 486 g/mol. The van der Waals surface area contributed by atoms with Crippen LogP contribution in [0.3, 0.4) is 0 Å². The zero-order valence-electron chi connectivity index (χ0n) is 17.4. The Hall–Kier alpha value is -0.650. The van der Waals surface area contributed by atoms with E-state index in [2.05, 4.69) is 4.98 Å². The van der Waals surface area contributed by atoms with E-state index in [0.717, 1.165) is 0 Å². The molecule has 166 valence electrons. The molecule has 0 aliphatic heterocycles. The molecule has 0 radical (unpaired) electrons. The van der Waals surface area contributed by atoms with Crippen LogP contribution in [0.5, 0.6) is 0 Å². The molecule has 1 heterocycles. The van der Waals surface area contributed by atoms with E-state index in [1.807, 2.05) is 6.08 Å². The minimum atomic E-state index is -2.36. The number of nitrogens with zero attached hydrogens (tertiary/aromatic N) is 1. The number of carbonyl (C=O) groups excluding carboxylic acids is 2. The zero-order valence-corrected chi connectivity index (χ0v) is 21.0. The number of rotatable bonds is 11. The molecule has 31 heavy (non-hydrogen) atoms. The third kappa shape index (κ3) is 9.39. The molecule has 1 fully saturated rings. The van der Waals surface area contributed by atoms with Crippen LogP contribution < -0.4 is 34.7 Å². The first-order valence-corrected chi connectivity index (χ1v) is 11.4. The van der Waals surface area contributed by atoms with Crippen molar-refractivity contribution in [2.24, 2.45) is 11.8 Å². The first kappa shape index (κ1) is 28.4. The molecule has 0 bridgehead atoms. The number of thiazole rings is 1. The Morgan fingerprint density at radius 3 is 2.77 bits per heavy atom. The Kier molecular flexibility index (Phi) is 12.0. The van der Waals surface area contributed by atoms with Gasteiger partial charge in [-0.05, 0) is 38.5 Å². The molecule has 0 aromatic carbocycles. The van der Waals surface area contributed by atoms with Crippen LogP contribution in [0.25, 0.3) is 0 Å². The number of ketones is 1. The Balaban J connectivity index is 0.00000480. The third-order valence-corrected chi connectivity index (χ3v) is 7.08. The Bertz CT molecular complexity index is 825. The fraction of sp³-hybridized carbons (Fsp3) is 0.550. The van der Waals surface area contributed by atoms with Crippen LogP contribution >= 0.6 is 23.1 Å². The van der Waals surface area contributed by atoms with E-state index in [1.165, 1.54) is 35.4 Å². The first-order chi connectivity index (χ1) is 14.1. The van der Waals surface area contributed by atoms with Gasteiger partial charge in [0.25, 0.3) is 0 Å². The van der Waals surface area contributed by atoms with E-state index >= 15 is 0 Å². The summed E-state index contributed by atoms with van der Waals surface area (Å²) in [5.74, 6) is -2.20. The molecule has 1 aromatic rings. The monoisotopic (exact) mass is 485 g/mol. The number of hydrogen-bond donors (Lipinski definition) is 1. The normalized spacial score (nSPS) is 20.5. The molecule has 11 heteroatoms. The SMILES string of the molecule is C[C@@](O)(CC=C[C@H]1CCC(=O)[C@@H]1CCSc1nc(C(=O)[O-])cs1)CCC(F)=C(F)F.[Na+]. The fourth-order valence-electron chi connectivity index (χ4n) is 3.30. The minimum absolute atomic E-state index is 0. The summed E-state index contributed by atoms with van der Waals surface area (Å²) in [6.07, 6.45) is 2.53. The Morgan fingerprint density at radius 2 is 2.16 bits per heavy atom. The molecular weight excluding hydrogens is 462 g/mol. The maximum atomic E-state index is 12.9. The maximum Gasteiger partial charge on any atom is 1.00 e. The van der Waals surface area contributed by atoms with Gasteiger partial charge in [0.15, 0.2) is 10.2 Å². The molecule has 1 saturated carbocycles. The number of halogens is 3. The number of Topliss-reactive ketones (excluding diaryl/α,β-unsaturated/α-hetero) is 1. The number of allylic oxidation sites excluding steroid dienone is 2. The van der Waals surface area contributed by atoms with E-state index in [4.69, 9.17) is 0 Å². The van der Waals surface area contributed by atoms with Crippen molar-refractivity contribution in [3.63, 3.8) is 0 Å². The number of carboxylic acids is 1. The Morgan fingerprint density at radius 1 is 1.45 bits per heavy atom. The molecule has 0 amide bonds. The van der Waals surface area contributed by atoms with Crippen LogP contribution in [0.1, 0.15) is 55.9 Å². The summed E-state index contributed by atoms with van der Waals surface area (Å²) in [6, 6.07) is 0. The number of hydrogen-bond acceptors (Lipinski definition) is 7. The van der Waals surface area contributed by atoms with Gasteiger partial charge >= 0.3 is 35.6 Å². The van der Waals surface area contributed by atoms with Crippen LogP contribution in [0.2, 0.25) is 0 Å². The molecule has 1 N–H and O–H groups in total. The molecule has 1 aliphatic carbocycles. The summed E-state index contributed by atoms with van der Waals surface area (Å²) in [5.41, 5.74) is -1.42.